The smallest absolute Gasteiger partial charge is 0.252 e. The van der Waals surface area contributed by atoms with E-state index >= 15 is 0 Å². The third-order valence-electron chi connectivity index (χ3n) is 4.10. The van der Waals surface area contributed by atoms with E-state index in [1.165, 1.54) is 4.31 Å². The lowest BCUT2D eigenvalue weighted by atomic mass is 10.2. The minimum absolute atomic E-state index is 0.295. The molecule has 7 nitrogen and oxygen atoms in total. The highest BCUT2D eigenvalue weighted by atomic mass is 35.5. The molecule has 0 spiro atoms. The highest BCUT2D eigenvalue weighted by molar-refractivity contribution is 7.91. The Labute approximate surface area is 156 Å². The van der Waals surface area contributed by atoms with E-state index in [9.17, 15) is 8.42 Å². The third-order valence-corrected chi connectivity index (χ3v) is 7.69. The van der Waals surface area contributed by atoms with Gasteiger partial charge < -0.3 is 4.52 Å². The quantitative estimate of drug-likeness (QED) is 0.705. The Morgan fingerprint density at radius 2 is 2.04 bits per heavy atom. The van der Waals surface area contributed by atoms with Gasteiger partial charge in [0.1, 0.15) is 4.21 Å². The number of halogens is 1. The first-order chi connectivity index (χ1) is 12.0. The Balaban J connectivity index is 1.54. The van der Waals surface area contributed by atoms with E-state index in [0.717, 1.165) is 36.4 Å². The van der Waals surface area contributed by atoms with Gasteiger partial charge >= 0.3 is 0 Å². The predicted molar refractivity (Wildman–Crippen MR) is 96.3 cm³/mol. The van der Waals surface area contributed by atoms with Crippen LogP contribution < -0.4 is 0 Å². The highest BCUT2D eigenvalue weighted by Gasteiger charge is 2.30. The van der Waals surface area contributed by atoms with Gasteiger partial charge in [0.2, 0.25) is 5.89 Å². The molecule has 1 aliphatic rings. The molecule has 3 heterocycles. The van der Waals surface area contributed by atoms with Crippen LogP contribution in [-0.4, -0.2) is 53.9 Å². The molecule has 0 radical (unpaired) electrons. The van der Waals surface area contributed by atoms with Crippen molar-refractivity contribution in [1.82, 2.24) is 19.3 Å². The number of thiophene rings is 1. The maximum atomic E-state index is 12.6. The van der Waals surface area contributed by atoms with E-state index in [1.807, 2.05) is 0 Å². The van der Waals surface area contributed by atoms with Crippen LogP contribution in [0.5, 0.6) is 0 Å². The van der Waals surface area contributed by atoms with Crippen LogP contribution in [0.2, 0.25) is 4.34 Å². The second kappa shape index (κ2) is 8.13. The van der Waals surface area contributed by atoms with Gasteiger partial charge in [0.15, 0.2) is 5.82 Å². The molecule has 0 saturated carbocycles. The van der Waals surface area contributed by atoms with Crippen molar-refractivity contribution >= 4 is 33.0 Å². The van der Waals surface area contributed by atoms with Crippen molar-refractivity contribution in [2.75, 3.05) is 26.2 Å². The summed E-state index contributed by atoms with van der Waals surface area (Å²) in [6.07, 6.45) is 2.97. The summed E-state index contributed by atoms with van der Waals surface area (Å²) in [6.45, 7) is 4.82. The molecule has 1 aliphatic heterocycles. The van der Waals surface area contributed by atoms with Gasteiger partial charge in [-0.3, -0.25) is 4.90 Å². The van der Waals surface area contributed by atoms with Crippen LogP contribution in [0.1, 0.15) is 31.5 Å². The zero-order valence-electron chi connectivity index (χ0n) is 14.0. The second-order valence-corrected chi connectivity index (χ2v) is 9.83. The van der Waals surface area contributed by atoms with E-state index < -0.39 is 10.0 Å². The fraction of sp³-hybridized carbons (Fsp3) is 0.600. The molecule has 3 rings (SSSR count). The van der Waals surface area contributed by atoms with Crippen LogP contribution in [0.3, 0.4) is 0 Å². The van der Waals surface area contributed by atoms with E-state index in [4.69, 9.17) is 16.1 Å². The van der Waals surface area contributed by atoms with Crippen molar-refractivity contribution in [3.63, 3.8) is 0 Å². The zero-order chi connectivity index (χ0) is 17.9. The van der Waals surface area contributed by atoms with E-state index in [-0.39, 0.29) is 0 Å². The summed E-state index contributed by atoms with van der Waals surface area (Å²) >= 11 is 6.95. The molecule has 0 N–H and O–H groups in total. The topological polar surface area (TPSA) is 79.5 Å². The van der Waals surface area contributed by atoms with Crippen molar-refractivity contribution < 1.29 is 12.9 Å². The number of unbranched alkanes of at least 4 members (excludes halogenated alkanes) is 1. The molecular formula is C15H21ClN4O3S2. The molecule has 2 aromatic heterocycles. The van der Waals surface area contributed by atoms with Crippen molar-refractivity contribution in [2.45, 2.75) is 36.9 Å². The predicted octanol–water partition coefficient (Wildman–Crippen LogP) is 2.63. The maximum Gasteiger partial charge on any atom is 0.252 e. The summed E-state index contributed by atoms with van der Waals surface area (Å²) in [5.41, 5.74) is 0. The normalized spacial score (nSPS) is 17.2. The van der Waals surface area contributed by atoms with Crippen LogP contribution in [0.15, 0.2) is 20.9 Å². The lowest BCUT2D eigenvalue weighted by Crippen LogP contribution is -2.48. The molecule has 25 heavy (non-hydrogen) atoms. The first-order valence-electron chi connectivity index (χ1n) is 8.28. The Morgan fingerprint density at radius 1 is 1.28 bits per heavy atom. The van der Waals surface area contributed by atoms with Gasteiger partial charge in [0.05, 0.1) is 10.9 Å². The minimum atomic E-state index is -3.45. The molecular weight excluding hydrogens is 384 g/mol. The van der Waals surface area contributed by atoms with E-state index in [1.54, 1.807) is 12.1 Å². The van der Waals surface area contributed by atoms with Crippen LogP contribution >= 0.6 is 22.9 Å². The SMILES string of the molecule is CCCCc1noc(CN2CCN(S(=O)(=O)c3ccc(Cl)s3)CC2)n1. The molecule has 2 aromatic rings. The molecule has 1 saturated heterocycles. The Kier molecular flexibility index (Phi) is 6.11. The van der Waals surface area contributed by atoms with Gasteiger partial charge in [-0.2, -0.15) is 9.29 Å². The Morgan fingerprint density at radius 3 is 2.68 bits per heavy atom. The summed E-state index contributed by atoms with van der Waals surface area (Å²) in [4.78, 5) is 6.53. The first-order valence-corrected chi connectivity index (χ1v) is 10.9. The molecule has 1 fully saturated rings. The molecule has 0 aromatic carbocycles. The summed E-state index contributed by atoms with van der Waals surface area (Å²) in [6, 6.07) is 3.17. The minimum Gasteiger partial charge on any atom is -0.338 e. The van der Waals surface area contributed by atoms with Crippen molar-refractivity contribution in [2.24, 2.45) is 0 Å². The fourth-order valence-electron chi connectivity index (χ4n) is 2.67. The number of aryl methyl sites for hydroxylation is 1. The summed E-state index contributed by atoms with van der Waals surface area (Å²) in [5, 5.41) is 3.99. The largest absolute Gasteiger partial charge is 0.338 e. The number of hydrogen-bond acceptors (Lipinski definition) is 7. The average molecular weight is 405 g/mol. The number of hydrogen-bond donors (Lipinski definition) is 0. The number of sulfonamides is 1. The highest BCUT2D eigenvalue weighted by Crippen LogP contribution is 2.28. The molecule has 138 valence electrons. The van der Waals surface area contributed by atoms with Gasteiger partial charge in [0.25, 0.3) is 10.0 Å². The van der Waals surface area contributed by atoms with Crippen molar-refractivity contribution in [3.05, 3.63) is 28.2 Å². The zero-order valence-corrected chi connectivity index (χ0v) is 16.4. The summed E-state index contributed by atoms with van der Waals surface area (Å²) < 4.78 is 32.7. The number of piperazine rings is 1. The molecule has 0 amide bonds. The first kappa shape index (κ1) is 18.8. The fourth-order valence-corrected chi connectivity index (χ4v) is 5.73. The summed E-state index contributed by atoms with van der Waals surface area (Å²) in [7, 11) is -3.45. The van der Waals surface area contributed by atoms with E-state index in [0.29, 0.717) is 47.2 Å². The lowest BCUT2D eigenvalue weighted by molar-refractivity contribution is 0.163. The molecule has 0 bridgehead atoms. The molecule has 0 unspecified atom stereocenters. The van der Waals surface area contributed by atoms with Crippen LogP contribution in [0.25, 0.3) is 0 Å². The molecule has 0 atom stereocenters. The monoisotopic (exact) mass is 404 g/mol. The van der Waals surface area contributed by atoms with Crippen LogP contribution in [0, 0.1) is 0 Å². The van der Waals surface area contributed by atoms with Crippen molar-refractivity contribution in [3.8, 4) is 0 Å². The van der Waals surface area contributed by atoms with Gasteiger partial charge in [0, 0.05) is 32.6 Å². The van der Waals surface area contributed by atoms with E-state index in [2.05, 4.69) is 22.0 Å². The maximum absolute atomic E-state index is 12.6. The Hall–Kier alpha value is -1.00. The van der Waals surface area contributed by atoms with Gasteiger partial charge in [-0.15, -0.1) is 11.3 Å². The lowest BCUT2D eigenvalue weighted by Gasteiger charge is -2.32. The van der Waals surface area contributed by atoms with Gasteiger partial charge in [-0.05, 0) is 18.6 Å². The van der Waals surface area contributed by atoms with Gasteiger partial charge in [-0.1, -0.05) is 30.1 Å². The number of nitrogens with zero attached hydrogens (tertiary/aromatic N) is 4. The third kappa shape index (κ3) is 4.59. The molecule has 10 heteroatoms. The number of rotatable bonds is 7. The van der Waals surface area contributed by atoms with Gasteiger partial charge in [-0.25, -0.2) is 8.42 Å². The number of aromatic nitrogens is 2. The summed E-state index contributed by atoms with van der Waals surface area (Å²) in [5.74, 6) is 1.33. The Bertz CT molecular complexity index is 797. The average Bonchev–Trinajstić information content (AvgIpc) is 3.23. The second-order valence-electron chi connectivity index (χ2n) is 5.95. The van der Waals surface area contributed by atoms with Crippen LogP contribution in [-0.2, 0) is 23.0 Å². The van der Waals surface area contributed by atoms with Crippen LogP contribution in [0.4, 0.5) is 0 Å². The standard InChI is InChI=1S/C15H21ClN4O3S2/c1-2-3-4-13-17-14(23-18-13)11-19-7-9-20(10-8-19)25(21,22)15-6-5-12(16)24-15/h5-6H,2-4,7-11H2,1H3. The van der Waals surface area contributed by atoms with Crippen molar-refractivity contribution in [1.29, 1.82) is 0 Å². The molecule has 0 aliphatic carbocycles.